The number of aryl methyl sites for hydroxylation is 1. The highest BCUT2D eigenvalue weighted by Crippen LogP contribution is 2.30. The van der Waals surface area contributed by atoms with Crippen molar-refractivity contribution in [2.75, 3.05) is 6.54 Å². The molecular formula is C16H19N5OS. The number of thiazole rings is 1. The van der Waals surface area contributed by atoms with E-state index in [9.17, 15) is 4.79 Å². The van der Waals surface area contributed by atoms with Gasteiger partial charge >= 0.3 is 0 Å². The predicted molar refractivity (Wildman–Crippen MR) is 89.7 cm³/mol. The molecule has 1 saturated heterocycles. The molecule has 0 unspecified atom stereocenters. The molecule has 4 heterocycles. The highest BCUT2D eigenvalue weighted by molar-refractivity contribution is 7.07. The highest BCUT2D eigenvalue weighted by Gasteiger charge is 2.26. The summed E-state index contributed by atoms with van der Waals surface area (Å²) in [4.78, 5) is 23.9. The smallest absolute Gasteiger partial charge is 0.272 e. The van der Waals surface area contributed by atoms with Gasteiger partial charge in [0.1, 0.15) is 0 Å². The van der Waals surface area contributed by atoms with E-state index in [1.807, 2.05) is 18.5 Å². The third-order valence-electron chi connectivity index (χ3n) is 4.40. The minimum absolute atomic E-state index is 0.0442. The Bertz CT molecular complexity index is 866. The molecule has 1 atom stereocenters. The minimum atomic E-state index is -0.0442. The van der Waals surface area contributed by atoms with E-state index in [4.69, 9.17) is 4.98 Å². The van der Waals surface area contributed by atoms with Crippen molar-refractivity contribution in [2.45, 2.75) is 38.8 Å². The van der Waals surface area contributed by atoms with Crippen molar-refractivity contribution >= 4 is 17.0 Å². The lowest BCUT2D eigenvalue weighted by atomic mass is 9.99. The lowest BCUT2D eigenvalue weighted by Gasteiger charge is -2.34. The first-order valence-electron chi connectivity index (χ1n) is 7.91. The fourth-order valence-corrected chi connectivity index (χ4v) is 3.89. The normalized spacial score (nSPS) is 19.4. The van der Waals surface area contributed by atoms with Crippen LogP contribution in [0.5, 0.6) is 0 Å². The summed E-state index contributed by atoms with van der Waals surface area (Å²) in [6, 6.07) is 3.78. The average molecular weight is 329 g/mol. The van der Waals surface area contributed by atoms with Crippen LogP contribution in [-0.4, -0.2) is 31.0 Å². The molecule has 23 heavy (non-hydrogen) atoms. The third-order valence-corrected chi connectivity index (χ3v) is 5.04. The lowest BCUT2D eigenvalue weighted by molar-refractivity contribution is 0.136. The standard InChI is InChI=1S/C16H19N5OS/c1-11-6-15-18-13(7-16(22)21(15)19-11)14-4-2-3-5-20(14)8-12-9-23-10-17-12/h6-7,9-10,14,19H,2-5,8H2,1H3/t14-/m0/s1. The van der Waals surface area contributed by atoms with Gasteiger partial charge in [0.2, 0.25) is 0 Å². The molecule has 0 spiro atoms. The van der Waals surface area contributed by atoms with Crippen LogP contribution in [0.1, 0.15) is 42.4 Å². The van der Waals surface area contributed by atoms with Crippen LogP contribution in [0.15, 0.2) is 27.8 Å². The number of hydrogen-bond donors (Lipinski definition) is 1. The van der Waals surface area contributed by atoms with Crippen LogP contribution in [0.25, 0.3) is 5.65 Å². The minimum Gasteiger partial charge on any atom is -0.294 e. The number of rotatable bonds is 3. The van der Waals surface area contributed by atoms with E-state index in [2.05, 4.69) is 20.4 Å². The molecule has 0 radical (unpaired) electrons. The zero-order valence-corrected chi connectivity index (χ0v) is 13.8. The molecule has 1 fully saturated rings. The second-order valence-electron chi connectivity index (χ2n) is 6.11. The molecule has 0 aromatic carbocycles. The summed E-state index contributed by atoms with van der Waals surface area (Å²) in [6.45, 7) is 3.78. The Kier molecular flexibility index (Phi) is 3.74. The van der Waals surface area contributed by atoms with Crippen molar-refractivity contribution in [3.63, 3.8) is 0 Å². The molecule has 4 rings (SSSR count). The topological polar surface area (TPSA) is 66.3 Å². The van der Waals surface area contributed by atoms with Crippen LogP contribution in [-0.2, 0) is 6.54 Å². The third kappa shape index (κ3) is 2.82. The Labute approximate surface area is 137 Å². The molecule has 0 amide bonds. The summed E-state index contributed by atoms with van der Waals surface area (Å²) in [5.41, 5.74) is 5.44. The maximum absolute atomic E-state index is 12.3. The predicted octanol–water partition coefficient (Wildman–Crippen LogP) is 2.51. The number of fused-ring (bicyclic) bond motifs is 1. The van der Waals surface area contributed by atoms with Crippen LogP contribution in [0.2, 0.25) is 0 Å². The summed E-state index contributed by atoms with van der Waals surface area (Å²) in [6.07, 6.45) is 3.40. The Morgan fingerprint density at radius 2 is 2.30 bits per heavy atom. The number of nitrogens with one attached hydrogen (secondary N) is 1. The van der Waals surface area contributed by atoms with E-state index in [0.29, 0.717) is 5.65 Å². The van der Waals surface area contributed by atoms with Gasteiger partial charge in [-0.1, -0.05) is 6.42 Å². The maximum atomic E-state index is 12.3. The highest BCUT2D eigenvalue weighted by atomic mass is 32.1. The van der Waals surface area contributed by atoms with Gasteiger partial charge in [0.25, 0.3) is 5.56 Å². The zero-order valence-electron chi connectivity index (χ0n) is 13.0. The molecule has 0 aliphatic carbocycles. The largest absolute Gasteiger partial charge is 0.294 e. The van der Waals surface area contributed by atoms with Crippen molar-refractivity contribution in [1.82, 2.24) is 24.5 Å². The van der Waals surface area contributed by atoms with Crippen molar-refractivity contribution in [2.24, 2.45) is 0 Å². The van der Waals surface area contributed by atoms with Crippen LogP contribution in [0.4, 0.5) is 0 Å². The van der Waals surface area contributed by atoms with E-state index in [0.717, 1.165) is 36.6 Å². The Hall–Kier alpha value is -1.99. The van der Waals surface area contributed by atoms with Crippen LogP contribution in [0, 0.1) is 6.92 Å². The lowest BCUT2D eigenvalue weighted by Crippen LogP contribution is -2.34. The van der Waals surface area contributed by atoms with Crippen molar-refractivity contribution in [1.29, 1.82) is 0 Å². The quantitative estimate of drug-likeness (QED) is 0.802. The molecule has 1 aliphatic heterocycles. The van der Waals surface area contributed by atoms with Crippen LogP contribution >= 0.6 is 11.3 Å². The van der Waals surface area contributed by atoms with Gasteiger partial charge in [0, 0.05) is 29.8 Å². The molecule has 1 aliphatic rings. The Morgan fingerprint density at radius 1 is 1.39 bits per heavy atom. The first-order valence-corrected chi connectivity index (χ1v) is 8.85. The number of aromatic nitrogens is 4. The van der Waals surface area contributed by atoms with Crippen LogP contribution in [0.3, 0.4) is 0 Å². The average Bonchev–Trinajstić information content (AvgIpc) is 3.17. The van der Waals surface area contributed by atoms with Gasteiger partial charge in [-0.05, 0) is 26.3 Å². The molecule has 3 aromatic rings. The monoisotopic (exact) mass is 329 g/mol. The number of piperidine rings is 1. The van der Waals surface area contributed by atoms with Gasteiger partial charge in [-0.25, -0.2) is 14.5 Å². The number of nitrogens with zero attached hydrogens (tertiary/aromatic N) is 4. The molecule has 0 saturated carbocycles. The first-order chi connectivity index (χ1) is 11.2. The molecule has 1 N–H and O–H groups in total. The number of likely N-dealkylation sites (tertiary alicyclic amines) is 1. The Morgan fingerprint density at radius 3 is 3.13 bits per heavy atom. The van der Waals surface area contributed by atoms with E-state index >= 15 is 0 Å². The van der Waals surface area contributed by atoms with E-state index in [1.54, 1.807) is 17.4 Å². The zero-order chi connectivity index (χ0) is 15.8. The summed E-state index contributed by atoms with van der Waals surface area (Å²) in [5, 5.41) is 5.11. The number of aromatic amines is 1. The SMILES string of the molecule is Cc1cc2nc([C@@H]3CCCCN3Cc3cscn3)cc(=O)n2[nH]1. The van der Waals surface area contributed by atoms with Crippen LogP contribution < -0.4 is 5.56 Å². The summed E-state index contributed by atoms with van der Waals surface area (Å²) >= 11 is 1.62. The molecule has 0 bridgehead atoms. The first kappa shape index (κ1) is 14.6. The number of hydrogen-bond acceptors (Lipinski definition) is 5. The number of H-pyrrole nitrogens is 1. The summed E-state index contributed by atoms with van der Waals surface area (Å²) < 4.78 is 1.51. The van der Waals surface area contributed by atoms with Crippen molar-refractivity contribution in [3.05, 3.63) is 50.5 Å². The van der Waals surface area contributed by atoms with Gasteiger partial charge < -0.3 is 0 Å². The van der Waals surface area contributed by atoms with Gasteiger partial charge in [-0.3, -0.25) is 14.8 Å². The van der Waals surface area contributed by atoms with Crippen molar-refractivity contribution in [3.8, 4) is 0 Å². The summed E-state index contributed by atoms with van der Waals surface area (Å²) in [5.74, 6) is 0. The molecule has 7 heteroatoms. The van der Waals surface area contributed by atoms with E-state index in [-0.39, 0.29) is 11.6 Å². The van der Waals surface area contributed by atoms with E-state index < -0.39 is 0 Å². The van der Waals surface area contributed by atoms with Gasteiger partial charge in [0.15, 0.2) is 5.65 Å². The van der Waals surface area contributed by atoms with Crippen molar-refractivity contribution < 1.29 is 0 Å². The maximum Gasteiger partial charge on any atom is 0.272 e. The molecule has 3 aromatic heterocycles. The van der Waals surface area contributed by atoms with Gasteiger partial charge in [-0.15, -0.1) is 11.3 Å². The Balaban J connectivity index is 1.70. The molecule has 6 nitrogen and oxygen atoms in total. The molecule has 120 valence electrons. The second kappa shape index (κ2) is 5.90. The van der Waals surface area contributed by atoms with Gasteiger partial charge in [0.05, 0.1) is 22.9 Å². The second-order valence-corrected chi connectivity index (χ2v) is 6.83. The van der Waals surface area contributed by atoms with Gasteiger partial charge in [-0.2, -0.15) is 0 Å². The van der Waals surface area contributed by atoms with E-state index in [1.165, 1.54) is 17.4 Å². The fourth-order valence-electron chi connectivity index (χ4n) is 3.34. The molecular weight excluding hydrogens is 310 g/mol. The summed E-state index contributed by atoms with van der Waals surface area (Å²) in [7, 11) is 0. The fraction of sp³-hybridized carbons (Fsp3) is 0.438.